The molecule has 1 saturated heterocycles. The first-order valence-electron chi connectivity index (χ1n) is 10.4. The van der Waals surface area contributed by atoms with Crippen molar-refractivity contribution < 1.29 is 4.79 Å². The van der Waals surface area contributed by atoms with Crippen LogP contribution < -0.4 is 4.90 Å². The van der Waals surface area contributed by atoms with Crippen molar-refractivity contribution in [2.24, 2.45) is 0 Å². The van der Waals surface area contributed by atoms with Crippen LogP contribution in [0.2, 0.25) is 0 Å². The molecule has 0 radical (unpaired) electrons. The van der Waals surface area contributed by atoms with Gasteiger partial charge in [0.1, 0.15) is 0 Å². The van der Waals surface area contributed by atoms with Crippen molar-refractivity contribution in [2.75, 3.05) is 25.5 Å². The van der Waals surface area contributed by atoms with Crippen molar-refractivity contribution in [3.63, 3.8) is 0 Å². The quantitative estimate of drug-likeness (QED) is 0.701. The molecule has 3 aromatic rings. The second kappa shape index (κ2) is 8.26. The van der Waals surface area contributed by atoms with Crippen LogP contribution in [0.25, 0.3) is 11.3 Å². The number of aromatic nitrogens is 4. The lowest BCUT2D eigenvalue weighted by molar-refractivity contribution is -0.133. The van der Waals surface area contributed by atoms with Crippen molar-refractivity contribution in [3.8, 4) is 11.3 Å². The summed E-state index contributed by atoms with van der Waals surface area (Å²) in [6.45, 7) is 4.80. The number of nitrogens with zero attached hydrogens (tertiary/aromatic N) is 5. The summed E-state index contributed by atoms with van der Waals surface area (Å²) in [5, 5.41) is 7.44. The predicted molar refractivity (Wildman–Crippen MR) is 117 cm³/mol. The zero-order valence-electron chi connectivity index (χ0n) is 18.0. The molecule has 7 heteroatoms. The maximum atomic E-state index is 13.4. The summed E-state index contributed by atoms with van der Waals surface area (Å²) in [6, 6.07) is 10.1. The molecule has 2 aromatic heterocycles. The molecule has 1 aromatic carbocycles. The van der Waals surface area contributed by atoms with Crippen LogP contribution in [0.15, 0.2) is 42.7 Å². The molecule has 0 spiro atoms. The van der Waals surface area contributed by atoms with E-state index in [1.807, 2.05) is 49.0 Å². The Bertz CT molecular complexity index is 1030. The van der Waals surface area contributed by atoms with E-state index in [0.717, 1.165) is 41.9 Å². The molecule has 156 valence electrons. The molecule has 1 aliphatic heterocycles. The maximum Gasteiger partial charge on any atom is 0.230 e. The van der Waals surface area contributed by atoms with E-state index in [1.165, 1.54) is 5.56 Å². The van der Waals surface area contributed by atoms with Gasteiger partial charge in [0.15, 0.2) is 0 Å². The van der Waals surface area contributed by atoms with Gasteiger partial charge in [-0.3, -0.25) is 9.89 Å². The maximum absolute atomic E-state index is 13.4. The number of nitrogens with one attached hydrogen (secondary N) is 1. The van der Waals surface area contributed by atoms with Gasteiger partial charge in [-0.05, 0) is 38.3 Å². The van der Waals surface area contributed by atoms with Crippen LogP contribution in [0.3, 0.4) is 0 Å². The monoisotopic (exact) mass is 404 g/mol. The minimum atomic E-state index is -0.183. The number of aromatic amines is 1. The first kappa shape index (κ1) is 20.1. The van der Waals surface area contributed by atoms with Gasteiger partial charge in [0, 0.05) is 32.4 Å². The van der Waals surface area contributed by atoms with E-state index in [9.17, 15) is 4.79 Å². The lowest BCUT2D eigenvalue weighted by Gasteiger charge is -2.28. The molecular weight excluding hydrogens is 376 g/mol. The average molecular weight is 405 g/mol. The molecule has 1 N–H and O–H groups in total. The van der Waals surface area contributed by atoms with Crippen molar-refractivity contribution in [2.45, 2.75) is 38.6 Å². The van der Waals surface area contributed by atoms with Gasteiger partial charge in [-0.2, -0.15) is 5.10 Å². The highest BCUT2D eigenvalue weighted by atomic mass is 16.2. The standard InChI is InChI=1S/C23H28N6O/c1-15-7-9-17(10-8-15)16(2)22(30)29-13-5-6-20(29)21-18(14-25-27-21)19-11-12-24-23(26-19)28(3)4/h7-12,14,16,20H,5-6,13H2,1-4H3,(H,25,27)/t16-,20-/m1/s1. The molecule has 7 nitrogen and oxygen atoms in total. The number of hydrogen-bond acceptors (Lipinski definition) is 5. The third kappa shape index (κ3) is 3.79. The first-order valence-corrected chi connectivity index (χ1v) is 10.4. The lowest BCUT2D eigenvalue weighted by Crippen LogP contribution is -2.34. The zero-order chi connectivity index (χ0) is 21.3. The van der Waals surface area contributed by atoms with E-state index in [0.29, 0.717) is 5.95 Å². The van der Waals surface area contributed by atoms with Crippen LogP contribution in [-0.4, -0.2) is 51.6 Å². The number of hydrogen-bond donors (Lipinski definition) is 1. The van der Waals surface area contributed by atoms with E-state index in [4.69, 9.17) is 0 Å². The largest absolute Gasteiger partial charge is 0.347 e. The lowest BCUT2D eigenvalue weighted by atomic mass is 9.97. The molecule has 1 fully saturated rings. The van der Waals surface area contributed by atoms with Crippen molar-refractivity contribution >= 4 is 11.9 Å². The van der Waals surface area contributed by atoms with E-state index in [-0.39, 0.29) is 17.9 Å². The molecule has 0 bridgehead atoms. The minimum Gasteiger partial charge on any atom is -0.347 e. The van der Waals surface area contributed by atoms with Crippen LogP contribution >= 0.6 is 0 Å². The number of aryl methyl sites for hydroxylation is 1. The summed E-state index contributed by atoms with van der Waals surface area (Å²) >= 11 is 0. The van der Waals surface area contributed by atoms with Crippen LogP contribution in [0.5, 0.6) is 0 Å². The molecule has 1 amide bonds. The van der Waals surface area contributed by atoms with Crippen molar-refractivity contribution in [3.05, 3.63) is 59.5 Å². The third-order valence-corrected chi connectivity index (χ3v) is 5.80. The highest BCUT2D eigenvalue weighted by molar-refractivity contribution is 5.84. The Morgan fingerprint density at radius 1 is 1.23 bits per heavy atom. The smallest absolute Gasteiger partial charge is 0.230 e. The summed E-state index contributed by atoms with van der Waals surface area (Å²) in [6.07, 6.45) is 5.43. The first-order chi connectivity index (χ1) is 14.5. The molecule has 30 heavy (non-hydrogen) atoms. The van der Waals surface area contributed by atoms with Gasteiger partial charge in [-0.1, -0.05) is 29.8 Å². The Morgan fingerprint density at radius 2 is 2.00 bits per heavy atom. The Hall–Kier alpha value is -3.22. The highest BCUT2D eigenvalue weighted by Gasteiger charge is 2.35. The fourth-order valence-corrected chi connectivity index (χ4v) is 4.05. The van der Waals surface area contributed by atoms with Gasteiger partial charge in [0.25, 0.3) is 0 Å². The minimum absolute atomic E-state index is 0.0272. The number of rotatable bonds is 5. The Labute approximate surface area is 177 Å². The second-order valence-corrected chi connectivity index (χ2v) is 8.16. The normalized spacial score (nSPS) is 17.2. The van der Waals surface area contributed by atoms with Crippen LogP contribution in [0.1, 0.15) is 48.5 Å². The Kier molecular flexibility index (Phi) is 5.53. The van der Waals surface area contributed by atoms with E-state index in [2.05, 4.69) is 39.2 Å². The molecule has 1 aliphatic rings. The van der Waals surface area contributed by atoms with E-state index >= 15 is 0 Å². The SMILES string of the molecule is Cc1ccc([C@@H](C)C(=O)N2CCC[C@@H]2c2[nH]ncc2-c2ccnc(N(C)C)n2)cc1. The van der Waals surface area contributed by atoms with Crippen molar-refractivity contribution in [1.82, 2.24) is 25.1 Å². The van der Waals surface area contributed by atoms with Crippen molar-refractivity contribution in [1.29, 1.82) is 0 Å². The summed E-state index contributed by atoms with van der Waals surface area (Å²) in [7, 11) is 3.83. The highest BCUT2D eigenvalue weighted by Crippen LogP contribution is 2.37. The Balaban J connectivity index is 1.62. The summed E-state index contributed by atoms with van der Waals surface area (Å²) in [5.41, 5.74) is 4.92. The molecule has 0 saturated carbocycles. The van der Waals surface area contributed by atoms with Gasteiger partial charge in [0.2, 0.25) is 11.9 Å². The summed E-state index contributed by atoms with van der Waals surface area (Å²) in [5.74, 6) is 0.613. The van der Waals surface area contributed by atoms with Gasteiger partial charge in [-0.15, -0.1) is 0 Å². The fraction of sp³-hybridized carbons (Fsp3) is 0.391. The van der Waals surface area contributed by atoms with Crippen LogP contribution in [0, 0.1) is 6.92 Å². The molecule has 2 atom stereocenters. The summed E-state index contributed by atoms with van der Waals surface area (Å²) < 4.78 is 0. The summed E-state index contributed by atoms with van der Waals surface area (Å²) in [4.78, 5) is 26.2. The number of amides is 1. The van der Waals surface area contributed by atoms with Crippen LogP contribution in [0.4, 0.5) is 5.95 Å². The Morgan fingerprint density at radius 3 is 2.73 bits per heavy atom. The van der Waals surface area contributed by atoms with Gasteiger partial charge in [0.05, 0.1) is 29.5 Å². The van der Waals surface area contributed by atoms with Gasteiger partial charge in [-0.25, -0.2) is 9.97 Å². The average Bonchev–Trinajstić information content (AvgIpc) is 3.42. The topological polar surface area (TPSA) is 78.0 Å². The number of carbonyl (C=O) groups excluding carboxylic acids is 1. The van der Waals surface area contributed by atoms with Gasteiger partial charge < -0.3 is 9.80 Å². The molecule has 0 unspecified atom stereocenters. The number of H-pyrrole nitrogens is 1. The molecule has 0 aliphatic carbocycles. The second-order valence-electron chi connectivity index (χ2n) is 8.16. The fourth-order valence-electron chi connectivity index (χ4n) is 4.05. The molecule has 4 rings (SSSR count). The molecule has 3 heterocycles. The number of anilines is 1. The third-order valence-electron chi connectivity index (χ3n) is 5.80. The van der Waals surface area contributed by atoms with E-state index < -0.39 is 0 Å². The number of likely N-dealkylation sites (tertiary alicyclic amines) is 1. The van der Waals surface area contributed by atoms with E-state index in [1.54, 1.807) is 12.4 Å². The van der Waals surface area contributed by atoms with Crippen LogP contribution in [-0.2, 0) is 4.79 Å². The predicted octanol–water partition coefficient (Wildman–Crippen LogP) is 3.71. The zero-order valence-corrected chi connectivity index (χ0v) is 18.0. The van der Waals surface area contributed by atoms with Gasteiger partial charge >= 0.3 is 0 Å². The number of carbonyl (C=O) groups is 1. The number of benzene rings is 1. The molecular formula is C23H28N6O.